The fourth-order valence-corrected chi connectivity index (χ4v) is 3.91. The van der Waals surface area contributed by atoms with Crippen molar-refractivity contribution in [3.05, 3.63) is 33.8 Å². The minimum Gasteiger partial charge on any atom is -0.388 e. The van der Waals surface area contributed by atoms with E-state index in [-0.39, 0.29) is 6.04 Å². The smallest absolute Gasteiger partial charge is 0.0869 e. The minimum absolute atomic E-state index is 0.101. The fraction of sp³-hybridized carbons (Fsp3) is 0.538. The number of hydrogen-bond donors (Lipinski definition) is 2. The van der Waals surface area contributed by atoms with Crippen LogP contribution < -0.4 is 5.32 Å². The number of nitrogens with one attached hydrogen (secondary N) is 1. The van der Waals surface area contributed by atoms with Gasteiger partial charge in [-0.1, -0.05) is 29.3 Å². The van der Waals surface area contributed by atoms with Gasteiger partial charge in [0.15, 0.2) is 0 Å². The maximum absolute atomic E-state index is 10.3. The largest absolute Gasteiger partial charge is 0.388 e. The number of halogens is 2. The molecule has 2 atom stereocenters. The standard InChI is InChI=1S/C13H17Cl2NOS/c1-9(11-3-2-10(14)6-12(11)15)16-7-13(17)4-5-18-8-13/h2-3,6,9,16-17H,4-5,7-8H2,1H3. The molecule has 1 fully saturated rings. The number of rotatable bonds is 4. The van der Waals surface area contributed by atoms with Crippen molar-refractivity contribution in [3.63, 3.8) is 0 Å². The topological polar surface area (TPSA) is 32.3 Å². The van der Waals surface area contributed by atoms with Gasteiger partial charge in [-0.25, -0.2) is 0 Å². The number of hydrogen-bond acceptors (Lipinski definition) is 3. The van der Waals surface area contributed by atoms with E-state index < -0.39 is 5.60 Å². The van der Waals surface area contributed by atoms with Gasteiger partial charge < -0.3 is 10.4 Å². The Kier molecular flexibility index (Phi) is 4.84. The summed E-state index contributed by atoms with van der Waals surface area (Å²) in [5.41, 5.74) is 0.438. The van der Waals surface area contributed by atoms with E-state index in [0.29, 0.717) is 16.6 Å². The molecule has 0 aliphatic carbocycles. The van der Waals surface area contributed by atoms with Crippen LogP contribution in [0.4, 0.5) is 0 Å². The predicted octanol–water partition coefficient (Wildman–Crippen LogP) is 3.51. The molecule has 0 amide bonds. The van der Waals surface area contributed by atoms with Gasteiger partial charge in [0.05, 0.1) is 5.60 Å². The molecular weight excluding hydrogens is 289 g/mol. The van der Waals surface area contributed by atoms with Crippen molar-refractivity contribution in [2.24, 2.45) is 0 Å². The second kappa shape index (κ2) is 6.02. The summed E-state index contributed by atoms with van der Waals surface area (Å²) >= 11 is 13.8. The van der Waals surface area contributed by atoms with E-state index >= 15 is 0 Å². The van der Waals surface area contributed by atoms with Gasteiger partial charge in [-0.3, -0.25) is 0 Å². The maximum atomic E-state index is 10.3. The van der Waals surface area contributed by atoms with Crippen molar-refractivity contribution in [3.8, 4) is 0 Å². The lowest BCUT2D eigenvalue weighted by atomic mass is 10.0. The van der Waals surface area contributed by atoms with Gasteiger partial charge >= 0.3 is 0 Å². The van der Waals surface area contributed by atoms with E-state index in [2.05, 4.69) is 5.32 Å². The van der Waals surface area contributed by atoms with Crippen molar-refractivity contribution in [2.45, 2.75) is 25.0 Å². The van der Waals surface area contributed by atoms with Crippen LogP contribution in [0.5, 0.6) is 0 Å². The highest BCUT2D eigenvalue weighted by atomic mass is 35.5. The second-order valence-electron chi connectivity index (χ2n) is 4.80. The summed E-state index contributed by atoms with van der Waals surface area (Å²) in [4.78, 5) is 0. The monoisotopic (exact) mass is 305 g/mol. The molecule has 0 saturated carbocycles. The Labute approximate surface area is 122 Å². The molecule has 2 N–H and O–H groups in total. The van der Waals surface area contributed by atoms with E-state index in [0.717, 1.165) is 23.5 Å². The second-order valence-corrected chi connectivity index (χ2v) is 6.74. The zero-order valence-corrected chi connectivity index (χ0v) is 12.6. The van der Waals surface area contributed by atoms with Crippen molar-refractivity contribution < 1.29 is 5.11 Å². The third kappa shape index (κ3) is 3.55. The summed E-state index contributed by atoms with van der Waals surface area (Å²) in [6, 6.07) is 5.61. The van der Waals surface area contributed by atoms with Crippen LogP contribution in [-0.4, -0.2) is 28.8 Å². The molecule has 1 aliphatic rings. The molecule has 1 aliphatic heterocycles. The number of benzene rings is 1. The molecule has 100 valence electrons. The third-order valence-electron chi connectivity index (χ3n) is 3.25. The quantitative estimate of drug-likeness (QED) is 0.893. The Morgan fingerprint density at radius 2 is 2.28 bits per heavy atom. The van der Waals surface area contributed by atoms with Crippen LogP contribution >= 0.6 is 35.0 Å². The zero-order chi connectivity index (χ0) is 13.2. The van der Waals surface area contributed by atoms with Crippen LogP contribution in [0, 0.1) is 0 Å². The van der Waals surface area contributed by atoms with E-state index in [1.165, 1.54) is 0 Å². The van der Waals surface area contributed by atoms with Gasteiger partial charge in [0.1, 0.15) is 0 Å². The van der Waals surface area contributed by atoms with Crippen molar-refractivity contribution in [1.82, 2.24) is 5.32 Å². The average molecular weight is 306 g/mol. The molecule has 0 aromatic heterocycles. The summed E-state index contributed by atoms with van der Waals surface area (Å²) in [7, 11) is 0. The molecule has 18 heavy (non-hydrogen) atoms. The van der Waals surface area contributed by atoms with Crippen LogP contribution in [0.1, 0.15) is 24.9 Å². The lowest BCUT2D eigenvalue weighted by molar-refractivity contribution is 0.0651. The summed E-state index contributed by atoms with van der Waals surface area (Å²) in [6.45, 7) is 2.64. The highest BCUT2D eigenvalue weighted by Gasteiger charge is 2.31. The molecule has 0 spiro atoms. The molecule has 2 nitrogen and oxygen atoms in total. The van der Waals surface area contributed by atoms with Gasteiger partial charge in [0.2, 0.25) is 0 Å². The van der Waals surface area contributed by atoms with Gasteiger partial charge in [-0.05, 0) is 36.8 Å². The van der Waals surface area contributed by atoms with Gasteiger partial charge in [-0.15, -0.1) is 0 Å². The Morgan fingerprint density at radius 1 is 1.50 bits per heavy atom. The molecule has 0 radical (unpaired) electrons. The van der Waals surface area contributed by atoms with E-state index in [9.17, 15) is 5.11 Å². The van der Waals surface area contributed by atoms with Crippen molar-refractivity contribution >= 4 is 35.0 Å². The molecule has 1 aromatic carbocycles. The fourth-order valence-electron chi connectivity index (χ4n) is 2.04. The zero-order valence-electron chi connectivity index (χ0n) is 10.2. The minimum atomic E-state index is -0.572. The van der Waals surface area contributed by atoms with Crippen LogP contribution in [0.25, 0.3) is 0 Å². The Bertz CT molecular complexity index is 421. The van der Waals surface area contributed by atoms with Crippen molar-refractivity contribution in [2.75, 3.05) is 18.1 Å². The van der Waals surface area contributed by atoms with E-state index in [1.807, 2.05) is 19.1 Å². The average Bonchev–Trinajstić information content (AvgIpc) is 2.74. The lowest BCUT2D eigenvalue weighted by Gasteiger charge is -2.25. The Hall–Kier alpha value is 0.0700. The summed E-state index contributed by atoms with van der Waals surface area (Å²) in [5, 5.41) is 14.9. The van der Waals surface area contributed by atoms with E-state index in [4.69, 9.17) is 23.2 Å². The summed E-state index contributed by atoms with van der Waals surface area (Å²) < 4.78 is 0. The summed E-state index contributed by atoms with van der Waals surface area (Å²) in [6.07, 6.45) is 0.853. The van der Waals surface area contributed by atoms with Crippen LogP contribution in [0.15, 0.2) is 18.2 Å². The third-order valence-corrected chi connectivity index (χ3v) is 5.05. The predicted molar refractivity (Wildman–Crippen MR) is 79.8 cm³/mol. The molecule has 1 heterocycles. The normalized spacial score (nSPS) is 25.3. The van der Waals surface area contributed by atoms with Crippen LogP contribution in [0.3, 0.4) is 0 Å². The molecule has 2 rings (SSSR count). The van der Waals surface area contributed by atoms with Crippen LogP contribution in [-0.2, 0) is 0 Å². The Morgan fingerprint density at radius 3 is 2.89 bits per heavy atom. The molecule has 5 heteroatoms. The van der Waals surface area contributed by atoms with Crippen LogP contribution in [0.2, 0.25) is 10.0 Å². The molecule has 0 bridgehead atoms. The Balaban J connectivity index is 1.97. The van der Waals surface area contributed by atoms with Gasteiger partial charge in [0, 0.05) is 28.4 Å². The van der Waals surface area contributed by atoms with E-state index in [1.54, 1.807) is 17.8 Å². The first-order valence-electron chi connectivity index (χ1n) is 5.99. The molecular formula is C13H17Cl2NOS. The number of aliphatic hydroxyl groups is 1. The molecule has 1 saturated heterocycles. The first-order valence-corrected chi connectivity index (χ1v) is 7.90. The highest BCUT2D eigenvalue weighted by Crippen LogP contribution is 2.29. The molecule has 1 aromatic rings. The molecule has 2 unspecified atom stereocenters. The van der Waals surface area contributed by atoms with Crippen molar-refractivity contribution in [1.29, 1.82) is 0 Å². The van der Waals surface area contributed by atoms with Gasteiger partial charge in [0.25, 0.3) is 0 Å². The highest BCUT2D eigenvalue weighted by molar-refractivity contribution is 7.99. The number of thioether (sulfide) groups is 1. The lowest BCUT2D eigenvalue weighted by Crippen LogP contribution is -2.41. The maximum Gasteiger partial charge on any atom is 0.0869 e. The first-order chi connectivity index (χ1) is 8.50. The summed E-state index contributed by atoms with van der Waals surface area (Å²) in [5.74, 6) is 1.84. The van der Waals surface area contributed by atoms with Gasteiger partial charge in [-0.2, -0.15) is 11.8 Å². The SMILES string of the molecule is CC(NCC1(O)CCSC1)c1ccc(Cl)cc1Cl. The first kappa shape index (κ1) is 14.5.